The molecule has 0 atom stereocenters. The molecule has 0 aliphatic carbocycles. The van der Waals surface area contributed by atoms with Crippen molar-refractivity contribution in [2.75, 3.05) is 45.2 Å². The summed E-state index contributed by atoms with van der Waals surface area (Å²) < 4.78 is 5.34. The zero-order valence-corrected chi connectivity index (χ0v) is 13.5. The third kappa shape index (κ3) is 5.18. The molecule has 22 heavy (non-hydrogen) atoms. The predicted octanol–water partition coefficient (Wildman–Crippen LogP) is 1.87. The molecule has 2 heterocycles. The molecule has 0 radical (unpaired) electrons. The van der Waals surface area contributed by atoms with Gasteiger partial charge in [-0.3, -0.25) is 0 Å². The van der Waals surface area contributed by atoms with Gasteiger partial charge in [0.05, 0.1) is 0 Å². The number of aromatic nitrogens is 1. The minimum Gasteiger partial charge on any atom is -0.381 e. The molecule has 1 aliphatic heterocycles. The van der Waals surface area contributed by atoms with Gasteiger partial charge in [0, 0.05) is 46.1 Å². The molecule has 0 spiro atoms. The molecule has 1 aliphatic rings. The number of aryl methyl sites for hydroxylation is 1. The van der Waals surface area contributed by atoms with Gasteiger partial charge in [0.2, 0.25) is 0 Å². The van der Waals surface area contributed by atoms with Crippen LogP contribution in [0.5, 0.6) is 0 Å². The van der Waals surface area contributed by atoms with Gasteiger partial charge < -0.3 is 20.3 Å². The van der Waals surface area contributed by atoms with Gasteiger partial charge in [0.15, 0.2) is 0 Å². The number of rotatable bonds is 6. The molecular formula is C16H26N4O2. The van der Waals surface area contributed by atoms with Gasteiger partial charge >= 0.3 is 6.03 Å². The van der Waals surface area contributed by atoms with Crippen LogP contribution < -0.4 is 10.6 Å². The molecule has 1 saturated heterocycles. The van der Waals surface area contributed by atoms with Crippen LogP contribution in [0.3, 0.4) is 0 Å². The molecule has 0 aromatic carbocycles. The molecule has 2 amide bonds. The second-order valence-corrected chi connectivity index (χ2v) is 5.76. The van der Waals surface area contributed by atoms with Crippen LogP contribution in [0.25, 0.3) is 0 Å². The number of nitrogens with one attached hydrogen (secondary N) is 2. The number of amides is 2. The van der Waals surface area contributed by atoms with Crippen molar-refractivity contribution in [3.8, 4) is 0 Å². The summed E-state index contributed by atoms with van der Waals surface area (Å²) in [5.74, 6) is 1.42. The Balaban J connectivity index is 1.63. The standard InChI is InChI=1S/C16H26N4O2/c1-13-4-3-7-17-15(13)18-8-9-19-16(21)20(2)12-14-5-10-22-11-6-14/h3-4,7,14H,5-6,8-12H2,1-2H3,(H,17,18)(H,19,21). The Kier molecular flexibility index (Phi) is 6.45. The van der Waals surface area contributed by atoms with E-state index >= 15 is 0 Å². The van der Waals surface area contributed by atoms with Crippen LogP contribution in [0.4, 0.5) is 10.6 Å². The van der Waals surface area contributed by atoms with Crippen LogP contribution in [-0.2, 0) is 4.74 Å². The second-order valence-electron chi connectivity index (χ2n) is 5.76. The van der Waals surface area contributed by atoms with Gasteiger partial charge in [0.1, 0.15) is 5.82 Å². The van der Waals surface area contributed by atoms with E-state index in [4.69, 9.17) is 4.74 Å². The summed E-state index contributed by atoms with van der Waals surface area (Å²) in [5, 5.41) is 6.15. The number of pyridine rings is 1. The number of ether oxygens (including phenoxy) is 1. The number of nitrogens with zero attached hydrogens (tertiary/aromatic N) is 2. The van der Waals surface area contributed by atoms with Crippen LogP contribution in [0.2, 0.25) is 0 Å². The maximum atomic E-state index is 12.0. The summed E-state index contributed by atoms with van der Waals surface area (Å²) in [6.07, 6.45) is 3.84. The van der Waals surface area contributed by atoms with Crippen LogP contribution in [0, 0.1) is 12.8 Å². The fourth-order valence-corrected chi connectivity index (χ4v) is 2.56. The summed E-state index contributed by atoms with van der Waals surface area (Å²) >= 11 is 0. The lowest BCUT2D eigenvalue weighted by Crippen LogP contribution is -2.42. The molecule has 0 unspecified atom stereocenters. The Morgan fingerprint density at radius 1 is 1.41 bits per heavy atom. The summed E-state index contributed by atoms with van der Waals surface area (Å²) in [6, 6.07) is 3.90. The van der Waals surface area contributed by atoms with E-state index in [2.05, 4.69) is 15.6 Å². The van der Waals surface area contributed by atoms with Crippen molar-refractivity contribution in [1.82, 2.24) is 15.2 Å². The number of carbonyl (C=O) groups is 1. The first-order valence-corrected chi connectivity index (χ1v) is 7.89. The topological polar surface area (TPSA) is 66.5 Å². The number of hydrogen-bond donors (Lipinski definition) is 2. The van der Waals surface area contributed by atoms with Gasteiger partial charge in [-0.15, -0.1) is 0 Å². The maximum Gasteiger partial charge on any atom is 0.317 e. The Bertz CT molecular complexity index is 475. The van der Waals surface area contributed by atoms with E-state index < -0.39 is 0 Å². The van der Waals surface area contributed by atoms with E-state index in [1.165, 1.54) is 0 Å². The van der Waals surface area contributed by atoms with Crippen LogP contribution in [0.1, 0.15) is 18.4 Å². The average molecular weight is 306 g/mol. The number of anilines is 1. The van der Waals surface area contributed by atoms with Crippen molar-refractivity contribution >= 4 is 11.8 Å². The molecule has 1 aromatic rings. The third-order valence-corrected chi connectivity index (χ3v) is 3.92. The highest BCUT2D eigenvalue weighted by molar-refractivity contribution is 5.73. The highest BCUT2D eigenvalue weighted by atomic mass is 16.5. The first-order chi connectivity index (χ1) is 10.7. The molecule has 0 bridgehead atoms. The minimum absolute atomic E-state index is 0.0222. The van der Waals surface area contributed by atoms with Crippen molar-refractivity contribution in [3.63, 3.8) is 0 Å². The van der Waals surface area contributed by atoms with Crippen LogP contribution in [-0.4, -0.2) is 55.8 Å². The van der Waals surface area contributed by atoms with E-state index in [0.717, 1.165) is 44.0 Å². The first-order valence-electron chi connectivity index (χ1n) is 7.89. The van der Waals surface area contributed by atoms with Crippen molar-refractivity contribution in [2.45, 2.75) is 19.8 Å². The van der Waals surface area contributed by atoms with Crippen molar-refractivity contribution in [2.24, 2.45) is 5.92 Å². The Morgan fingerprint density at radius 3 is 2.91 bits per heavy atom. The van der Waals surface area contributed by atoms with E-state index in [0.29, 0.717) is 19.0 Å². The molecule has 1 fully saturated rings. The van der Waals surface area contributed by atoms with Crippen molar-refractivity contribution < 1.29 is 9.53 Å². The number of carbonyl (C=O) groups excluding carboxylic acids is 1. The zero-order chi connectivity index (χ0) is 15.8. The van der Waals surface area contributed by atoms with Gasteiger partial charge in [-0.1, -0.05) is 6.07 Å². The molecular weight excluding hydrogens is 280 g/mol. The van der Waals surface area contributed by atoms with Crippen LogP contribution in [0.15, 0.2) is 18.3 Å². The molecule has 0 saturated carbocycles. The first kappa shape index (κ1) is 16.5. The molecule has 2 rings (SSSR count). The Hall–Kier alpha value is -1.82. The van der Waals surface area contributed by atoms with Gasteiger partial charge in [-0.25, -0.2) is 9.78 Å². The van der Waals surface area contributed by atoms with Gasteiger partial charge in [-0.2, -0.15) is 0 Å². The molecule has 6 heteroatoms. The highest BCUT2D eigenvalue weighted by Gasteiger charge is 2.18. The molecule has 2 N–H and O–H groups in total. The summed E-state index contributed by atoms with van der Waals surface area (Å²) in [4.78, 5) is 18.1. The van der Waals surface area contributed by atoms with Gasteiger partial charge in [-0.05, 0) is 37.3 Å². The second kappa shape index (κ2) is 8.58. The normalized spacial score (nSPS) is 15.4. The number of hydrogen-bond acceptors (Lipinski definition) is 4. The summed E-state index contributed by atoms with van der Waals surface area (Å²) in [7, 11) is 1.85. The van der Waals surface area contributed by atoms with Crippen LogP contribution >= 0.6 is 0 Å². The predicted molar refractivity (Wildman–Crippen MR) is 87.0 cm³/mol. The smallest absolute Gasteiger partial charge is 0.317 e. The van der Waals surface area contributed by atoms with E-state index in [9.17, 15) is 4.79 Å². The molecule has 6 nitrogen and oxygen atoms in total. The fraction of sp³-hybridized carbons (Fsp3) is 0.625. The monoisotopic (exact) mass is 306 g/mol. The SMILES string of the molecule is Cc1cccnc1NCCNC(=O)N(C)CC1CCOCC1. The zero-order valence-electron chi connectivity index (χ0n) is 13.5. The Labute approximate surface area is 132 Å². The lowest BCUT2D eigenvalue weighted by Gasteiger charge is -2.27. The van der Waals surface area contributed by atoms with Gasteiger partial charge in [0.25, 0.3) is 0 Å². The van der Waals surface area contributed by atoms with Crippen molar-refractivity contribution in [1.29, 1.82) is 0 Å². The van der Waals surface area contributed by atoms with E-state index in [1.54, 1.807) is 11.1 Å². The lowest BCUT2D eigenvalue weighted by atomic mass is 10.0. The lowest BCUT2D eigenvalue weighted by molar-refractivity contribution is 0.0586. The maximum absolute atomic E-state index is 12.0. The quantitative estimate of drug-likeness (QED) is 0.788. The largest absolute Gasteiger partial charge is 0.381 e. The fourth-order valence-electron chi connectivity index (χ4n) is 2.56. The summed E-state index contributed by atoms with van der Waals surface area (Å²) in [5.41, 5.74) is 1.10. The third-order valence-electron chi connectivity index (χ3n) is 3.92. The number of urea groups is 1. The molecule has 122 valence electrons. The minimum atomic E-state index is -0.0222. The Morgan fingerprint density at radius 2 is 2.18 bits per heavy atom. The van der Waals surface area contributed by atoms with E-state index in [1.807, 2.05) is 26.1 Å². The average Bonchev–Trinajstić information content (AvgIpc) is 2.53. The molecule has 1 aromatic heterocycles. The van der Waals surface area contributed by atoms with E-state index in [-0.39, 0.29) is 6.03 Å². The van der Waals surface area contributed by atoms with Crippen molar-refractivity contribution in [3.05, 3.63) is 23.9 Å². The summed E-state index contributed by atoms with van der Waals surface area (Å²) in [6.45, 7) is 5.67. The highest BCUT2D eigenvalue weighted by Crippen LogP contribution is 2.15.